The SMILES string of the molecule is CC[C@H](C)[C@H](CC(=O)[C@H](C(C)C)N(C)C)C(=O)N(C)[C@H](C[C@@H](OC(C)=O)c1nc(C(=O)N[C@@H](Cc2ccccc2)C[C@H](C)C(=O)NOC)cs1)C(C)C.CCc1ccc(NC(=O)[C@H](C)CC(=O)CCOCCOCCOCCOCCCC(=O)c2ccc3nc(CBr)c(CBr)nc3c2)cc1. The number of anilines is 1. The number of aryl methyl sites for hydroxylation is 1. The van der Waals surface area contributed by atoms with Crippen LogP contribution in [0.2, 0.25) is 0 Å². The van der Waals surface area contributed by atoms with Crippen LogP contribution in [-0.2, 0) is 80.8 Å². The van der Waals surface area contributed by atoms with Crippen LogP contribution in [0.25, 0.3) is 11.0 Å². The molecule has 0 saturated heterocycles. The number of amides is 4. The van der Waals surface area contributed by atoms with E-state index >= 15 is 0 Å². The number of esters is 1. The predicted octanol–water partition coefficient (Wildman–Crippen LogP) is 12.5. The first-order valence-electron chi connectivity index (χ1n) is 34.7. The van der Waals surface area contributed by atoms with Gasteiger partial charge >= 0.3 is 5.97 Å². The predicted molar refractivity (Wildman–Crippen MR) is 397 cm³/mol. The summed E-state index contributed by atoms with van der Waals surface area (Å²) in [5.74, 6) is -2.73. The number of hydroxylamine groups is 1. The van der Waals surface area contributed by atoms with Crippen molar-refractivity contribution in [2.75, 3.05) is 86.4 Å². The maximum Gasteiger partial charge on any atom is 0.303 e. The fraction of sp³-hybridized carbons (Fsp3) is 0.587. The second-order valence-corrected chi connectivity index (χ2v) is 28.2. The van der Waals surface area contributed by atoms with Gasteiger partial charge in [-0.15, -0.1) is 11.3 Å². The fourth-order valence-corrected chi connectivity index (χ4v) is 13.3. The van der Waals surface area contributed by atoms with Gasteiger partial charge in [0.1, 0.15) is 16.5 Å². The van der Waals surface area contributed by atoms with Crippen LogP contribution in [-0.4, -0.2) is 171 Å². The van der Waals surface area contributed by atoms with Gasteiger partial charge in [-0.3, -0.25) is 48.1 Å². The number of Topliss-reactive ketones (excluding diaryl/α,β-unsaturated/α-hetero) is 3. The van der Waals surface area contributed by atoms with E-state index in [9.17, 15) is 38.4 Å². The number of thiazole rings is 1. The summed E-state index contributed by atoms with van der Waals surface area (Å²) in [6.45, 7) is 22.3. The number of rotatable bonds is 46. The highest BCUT2D eigenvalue weighted by atomic mass is 79.9. The highest BCUT2D eigenvalue weighted by Crippen LogP contribution is 2.33. The first-order chi connectivity index (χ1) is 47.7. The number of aromatic nitrogens is 3. The van der Waals surface area contributed by atoms with Gasteiger partial charge in [0, 0.05) is 110 Å². The second kappa shape index (κ2) is 46.3. The number of hydrogen-bond donors (Lipinski definition) is 3. The molecule has 4 amide bonds. The molecule has 0 bridgehead atoms. The third-order valence-electron chi connectivity index (χ3n) is 17.3. The number of halogens is 2. The minimum Gasteiger partial charge on any atom is -0.455 e. The van der Waals surface area contributed by atoms with Gasteiger partial charge in [-0.1, -0.05) is 143 Å². The maximum absolute atomic E-state index is 14.3. The lowest BCUT2D eigenvalue weighted by Gasteiger charge is -2.37. The topological polar surface area (TPSA) is 273 Å². The van der Waals surface area contributed by atoms with Gasteiger partial charge in [0.25, 0.3) is 5.91 Å². The number of nitrogens with zero attached hydrogens (tertiary/aromatic N) is 5. The van der Waals surface area contributed by atoms with E-state index in [1.165, 1.54) is 30.9 Å². The van der Waals surface area contributed by atoms with Gasteiger partial charge in [-0.05, 0) is 99.0 Å². The van der Waals surface area contributed by atoms with E-state index in [0.29, 0.717) is 105 Å². The first kappa shape index (κ1) is 86.1. The molecule has 0 unspecified atom stereocenters. The molecule has 0 fully saturated rings. The minimum atomic E-state index is -0.817. The molecule has 100 heavy (non-hydrogen) atoms. The van der Waals surface area contributed by atoms with Gasteiger partial charge in [-0.25, -0.2) is 20.4 Å². The molecule has 5 aromatic rings. The van der Waals surface area contributed by atoms with Crippen molar-refractivity contribution in [3.05, 3.63) is 117 Å². The summed E-state index contributed by atoms with van der Waals surface area (Å²) in [6, 6.07) is 21.8. The van der Waals surface area contributed by atoms with Gasteiger partial charge in [-0.2, -0.15) is 0 Å². The molecule has 0 aliphatic rings. The Morgan fingerprint density at radius 1 is 0.650 bits per heavy atom. The molecule has 0 aliphatic heterocycles. The Balaban J connectivity index is 0.000000427. The lowest BCUT2D eigenvalue weighted by Crippen LogP contribution is -2.48. The van der Waals surface area contributed by atoms with E-state index < -0.39 is 35.7 Å². The normalized spacial score (nSPS) is 13.9. The number of benzene rings is 3. The zero-order valence-corrected chi connectivity index (χ0v) is 65.0. The van der Waals surface area contributed by atoms with Crippen LogP contribution < -0.4 is 16.1 Å². The standard InChI is InChI=1S/C40H63N5O7S.C35H45Br2N3O7/c1-13-26(6)31(21-34(47)36(25(4)5)44(9)10)40(50)45(11)33(24(2)3)22-35(52-28(8)46)39-42-32(23-53-39)38(49)41-30(19-27(7)37(48)43-51-12)20-29-17-15-14-16-18-29;1-3-26-6-9-28(10-7-26)38-35(43)25(2)21-29(41)12-14-45-16-18-47-20-19-46-17-15-44-13-4-5-34(42)27-8-11-30-31(22-27)40-33(24-37)32(23-36)39-30/h14-18,23-27,30-31,33,35-36H,13,19-22H2,1-12H3,(H,41,49)(H,43,48);6-11,22,25H,3-5,12-21,23-24H2,1-2H3,(H,38,43)/t26-,27-,30+,31-,33+,35+,36-;25-/m01/s1. The maximum atomic E-state index is 14.3. The van der Waals surface area contributed by atoms with Crippen LogP contribution in [0.1, 0.15) is 175 Å². The summed E-state index contributed by atoms with van der Waals surface area (Å²) in [7, 11) is 6.91. The number of fused-ring (bicyclic) bond motifs is 1. The van der Waals surface area contributed by atoms with E-state index in [-0.39, 0.29) is 102 Å². The Labute approximate surface area is 612 Å². The fourth-order valence-electron chi connectivity index (χ4n) is 11.5. The van der Waals surface area contributed by atoms with Crippen LogP contribution in [0.3, 0.4) is 0 Å². The highest BCUT2D eigenvalue weighted by molar-refractivity contribution is 9.09. The van der Waals surface area contributed by atoms with Crippen molar-refractivity contribution in [3.63, 3.8) is 0 Å². The molecule has 0 aliphatic carbocycles. The van der Waals surface area contributed by atoms with Crippen LogP contribution >= 0.6 is 43.2 Å². The molecule has 552 valence electrons. The van der Waals surface area contributed by atoms with E-state index in [0.717, 1.165) is 41.0 Å². The van der Waals surface area contributed by atoms with E-state index in [1.807, 2.05) is 121 Å². The van der Waals surface area contributed by atoms with Crippen molar-refractivity contribution in [1.82, 2.24) is 35.5 Å². The Morgan fingerprint density at radius 3 is 1.82 bits per heavy atom. The molecule has 8 atom stereocenters. The van der Waals surface area contributed by atoms with E-state index in [1.54, 1.807) is 43.3 Å². The zero-order valence-electron chi connectivity index (χ0n) is 61.0. The van der Waals surface area contributed by atoms with E-state index in [2.05, 4.69) is 69.8 Å². The van der Waals surface area contributed by atoms with Crippen molar-refractivity contribution in [2.45, 2.75) is 168 Å². The molecule has 22 nitrogen and oxygen atoms in total. The summed E-state index contributed by atoms with van der Waals surface area (Å²) in [5.41, 5.74) is 9.31. The molecule has 0 spiro atoms. The molecular formula is C75H108Br2N8O14S. The third kappa shape index (κ3) is 30.0. The van der Waals surface area contributed by atoms with Crippen LogP contribution in [0.5, 0.6) is 0 Å². The number of likely N-dealkylation sites (N-methyl/N-ethyl adjacent to an activating group) is 1. The molecule has 2 aromatic heterocycles. The second-order valence-electron chi connectivity index (χ2n) is 26.1. The molecule has 5 rings (SSSR count). The van der Waals surface area contributed by atoms with Gasteiger partial charge in [0.15, 0.2) is 17.7 Å². The van der Waals surface area contributed by atoms with Crippen LogP contribution in [0.15, 0.2) is 78.2 Å². The lowest BCUT2D eigenvalue weighted by molar-refractivity contribution is -0.149. The van der Waals surface area contributed by atoms with Crippen LogP contribution in [0, 0.1) is 35.5 Å². The quantitative estimate of drug-likeness (QED) is 0.0107. The Morgan fingerprint density at radius 2 is 1.26 bits per heavy atom. The molecule has 3 aromatic carbocycles. The number of hydrogen-bond acceptors (Lipinski definition) is 19. The number of ketones is 3. The Hall–Kier alpha value is -6.29. The number of ether oxygens (including phenoxy) is 5. The summed E-state index contributed by atoms with van der Waals surface area (Å²) < 4.78 is 27.9. The molecule has 3 N–H and O–H groups in total. The average molecular weight is 1540 g/mol. The molecule has 25 heteroatoms. The number of alkyl halides is 2. The number of carbonyl (C=O) groups excluding carboxylic acids is 8. The summed E-state index contributed by atoms with van der Waals surface area (Å²) in [5, 5.41) is 9.20. The number of carbonyl (C=O) groups is 8. The van der Waals surface area contributed by atoms with Gasteiger partial charge in [0.05, 0.1) is 81.8 Å². The third-order valence-corrected chi connectivity index (χ3v) is 19.3. The molecule has 0 radical (unpaired) electrons. The molecule has 0 saturated carbocycles. The van der Waals surface area contributed by atoms with Crippen molar-refractivity contribution in [3.8, 4) is 0 Å². The van der Waals surface area contributed by atoms with E-state index in [4.69, 9.17) is 28.5 Å². The zero-order chi connectivity index (χ0) is 73.8. The lowest BCUT2D eigenvalue weighted by atomic mass is 9.82. The monoisotopic (exact) mass is 1530 g/mol. The summed E-state index contributed by atoms with van der Waals surface area (Å²) in [4.78, 5) is 126. The Kier molecular flexibility index (Phi) is 39.9. The van der Waals surface area contributed by atoms with Crippen molar-refractivity contribution < 1.29 is 66.9 Å². The average Bonchev–Trinajstić information content (AvgIpc) is 0.871. The molecule has 2 heterocycles. The first-order valence-corrected chi connectivity index (χ1v) is 37.8. The van der Waals surface area contributed by atoms with Crippen molar-refractivity contribution in [1.29, 1.82) is 0 Å². The van der Waals surface area contributed by atoms with Crippen molar-refractivity contribution >= 4 is 107 Å². The molecular weight excluding hydrogens is 1430 g/mol. The minimum absolute atomic E-state index is 0.00876. The van der Waals surface area contributed by atoms with Gasteiger partial charge in [0.2, 0.25) is 17.7 Å². The highest BCUT2D eigenvalue weighted by Gasteiger charge is 2.38. The largest absolute Gasteiger partial charge is 0.455 e. The summed E-state index contributed by atoms with van der Waals surface area (Å²) in [6.07, 6.45) is 3.56. The number of nitrogens with one attached hydrogen (secondary N) is 3. The van der Waals surface area contributed by atoms with Crippen molar-refractivity contribution in [2.24, 2.45) is 35.5 Å². The van der Waals surface area contributed by atoms with Gasteiger partial charge < -0.3 is 39.2 Å². The smallest absolute Gasteiger partial charge is 0.303 e. The van der Waals surface area contributed by atoms with Crippen LogP contribution in [0.4, 0.5) is 5.69 Å². The summed E-state index contributed by atoms with van der Waals surface area (Å²) >= 11 is 8.10. The Bertz CT molecular complexity index is 3330.